The lowest BCUT2D eigenvalue weighted by Gasteiger charge is -2.23. The van der Waals surface area contributed by atoms with E-state index in [0.717, 1.165) is 22.8 Å². The molecule has 0 radical (unpaired) electrons. The number of benzene rings is 1. The predicted molar refractivity (Wildman–Crippen MR) is 92.1 cm³/mol. The van der Waals surface area contributed by atoms with E-state index in [1.54, 1.807) is 14.2 Å². The van der Waals surface area contributed by atoms with Crippen molar-refractivity contribution < 1.29 is 9.47 Å². The van der Waals surface area contributed by atoms with Gasteiger partial charge in [-0.05, 0) is 31.0 Å². The molecule has 1 fully saturated rings. The third kappa shape index (κ3) is 3.36. The van der Waals surface area contributed by atoms with Crippen molar-refractivity contribution in [3.8, 4) is 22.8 Å². The highest BCUT2D eigenvalue weighted by atomic mass is 16.5. The van der Waals surface area contributed by atoms with E-state index in [1.807, 2.05) is 24.4 Å². The van der Waals surface area contributed by atoms with E-state index in [-0.39, 0.29) is 0 Å². The smallest absolute Gasteiger partial charge is 0.131 e. The number of ether oxygens (including phenoxy) is 2. The van der Waals surface area contributed by atoms with Gasteiger partial charge in [0, 0.05) is 6.20 Å². The SMILES string of the molecule is COc1cccc(OC)c1-c1ccnn1C1CCCCCCC1. The fourth-order valence-electron chi connectivity index (χ4n) is 3.59. The molecule has 0 aliphatic heterocycles. The molecule has 1 aromatic heterocycles. The van der Waals surface area contributed by atoms with Gasteiger partial charge in [-0.3, -0.25) is 4.68 Å². The molecule has 0 unspecified atom stereocenters. The van der Waals surface area contributed by atoms with Crippen molar-refractivity contribution >= 4 is 0 Å². The minimum absolute atomic E-state index is 0.468. The number of rotatable bonds is 4. The number of aromatic nitrogens is 2. The molecule has 1 saturated carbocycles. The lowest BCUT2D eigenvalue weighted by atomic mass is 9.96. The monoisotopic (exact) mass is 314 g/mol. The molecule has 4 nitrogen and oxygen atoms in total. The van der Waals surface area contributed by atoms with Crippen molar-refractivity contribution in [2.75, 3.05) is 14.2 Å². The lowest BCUT2D eigenvalue weighted by Crippen LogP contribution is -2.14. The zero-order valence-electron chi connectivity index (χ0n) is 14.1. The molecular formula is C19H26N2O2. The molecule has 23 heavy (non-hydrogen) atoms. The highest BCUT2D eigenvalue weighted by Crippen LogP contribution is 2.40. The Morgan fingerprint density at radius 1 is 0.913 bits per heavy atom. The number of methoxy groups -OCH3 is 2. The Balaban J connectivity index is 2.00. The van der Waals surface area contributed by atoms with Crippen LogP contribution in [0.5, 0.6) is 11.5 Å². The molecule has 0 bridgehead atoms. The maximum atomic E-state index is 5.58. The summed E-state index contributed by atoms with van der Waals surface area (Å²) < 4.78 is 13.3. The van der Waals surface area contributed by atoms with E-state index in [0.29, 0.717) is 6.04 Å². The molecule has 4 heteroatoms. The van der Waals surface area contributed by atoms with Gasteiger partial charge < -0.3 is 9.47 Å². The first-order chi connectivity index (χ1) is 11.3. The summed E-state index contributed by atoms with van der Waals surface area (Å²) in [6.07, 6.45) is 10.9. The fraction of sp³-hybridized carbons (Fsp3) is 0.526. The van der Waals surface area contributed by atoms with Gasteiger partial charge in [0.05, 0.1) is 31.5 Å². The lowest BCUT2D eigenvalue weighted by molar-refractivity contribution is 0.348. The summed E-state index contributed by atoms with van der Waals surface area (Å²) in [5.74, 6) is 1.66. The largest absolute Gasteiger partial charge is 0.496 e. The van der Waals surface area contributed by atoms with Gasteiger partial charge in [0.15, 0.2) is 0 Å². The van der Waals surface area contributed by atoms with Gasteiger partial charge in [-0.2, -0.15) is 5.10 Å². The van der Waals surface area contributed by atoms with Crippen molar-refractivity contribution in [2.24, 2.45) is 0 Å². The Bertz CT molecular complexity index is 606. The van der Waals surface area contributed by atoms with Gasteiger partial charge in [-0.1, -0.05) is 38.2 Å². The summed E-state index contributed by atoms with van der Waals surface area (Å²) in [7, 11) is 3.41. The first kappa shape index (κ1) is 15.9. The Hall–Kier alpha value is -1.97. The van der Waals surface area contributed by atoms with Gasteiger partial charge in [0.25, 0.3) is 0 Å². The molecule has 0 atom stereocenters. The Morgan fingerprint density at radius 2 is 1.52 bits per heavy atom. The summed E-state index contributed by atoms with van der Waals surface area (Å²) in [6.45, 7) is 0. The van der Waals surface area contributed by atoms with E-state index < -0.39 is 0 Å². The first-order valence-corrected chi connectivity index (χ1v) is 8.60. The minimum Gasteiger partial charge on any atom is -0.496 e. The highest BCUT2D eigenvalue weighted by molar-refractivity contribution is 5.74. The summed E-state index contributed by atoms with van der Waals surface area (Å²) >= 11 is 0. The molecule has 124 valence electrons. The van der Waals surface area contributed by atoms with Gasteiger partial charge in [0.2, 0.25) is 0 Å². The Morgan fingerprint density at radius 3 is 2.13 bits per heavy atom. The van der Waals surface area contributed by atoms with Crippen LogP contribution in [0.3, 0.4) is 0 Å². The van der Waals surface area contributed by atoms with Crippen LogP contribution in [-0.4, -0.2) is 24.0 Å². The molecule has 2 aromatic rings. The molecule has 0 saturated heterocycles. The Kier molecular flexibility index (Phi) is 5.21. The van der Waals surface area contributed by atoms with Gasteiger partial charge in [0.1, 0.15) is 11.5 Å². The molecule has 0 amide bonds. The molecule has 1 aliphatic carbocycles. The molecule has 0 N–H and O–H groups in total. The van der Waals surface area contributed by atoms with E-state index >= 15 is 0 Å². The first-order valence-electron chi connectivity index (χ1n) is 8.60. The van der Waals surface area contributed by atoms with Crippen molar-refractivity contribution in [1.82, 2.24) is 9.78 Å². The highest BCUT2D eigenvalue weighted by Gasteiger charge is 2.21. The van der Waals surface area contributed by atoms with Crippen LogP contribution >= 0.6 is 0 Å². The second-order valence-electron chi connectivity index (χ2n) is 6.20. The van der Waals surface area contributed by atoms with E-state index in [9.17, 15) is 0 Å². The predicted octanol–water partition coefficient (Wildman–Crippen LogP) is 4.85. The maximum absolute atomic E-state index is 5.58. The second kappa shape index (κ2) is 7.53. The summed E-state index contributed by atoms with van der Waals surface area (Å²) in [4.78, 5) is 0. The van der Waals surface area contributed by atoms with Gasteiger partial charge in [-0.25, -0.2) is 0 Å². The zero-order valence-corrected chi connectivity index (χ0v) is 14.1. The van der Waals surface area contributed by atoms with Crippen LogP contribution in [-0.2, 0) is 0 Å². The van der Waals surface area contributed by atoms with E-state index in [2.05, 4.69) is 15.8 Å². The van der Waals surface area contributed by atoms with Crippen LogP contribution in [0.15, 0.2) is 30.5 Å². The maximum Gasteiger partial charge on any atom is 0.131 e. The minimum atomic E-state index is 0.468. The van der Waals surface area contributed by atoms with Crippen molar-refractivity contribution in [3.05, 3.63) is 30.5 Å². The summed E-state index contributed by atoms with van der Waals surface area (Å²) in [6, 6.07) is 8.45. The number of nitrogens with zero attached hydrogens (tertiary/aromatic N) is 2. The van der Waals surface area contributed by atoms with Crippen molar-refractivity contribution in [3.63, 3.8) is 0 Å². The Labute approximate surface area is 138 Å². The average molecular weight is 314 g/mol. The quantitative estimate of drug-likeness (QED) is 0.809. The van der Waals surface area contributed by atoms with Crippen LogP contribution in [0.25, 0.3) is 11.3 Å². The standard InChI is InChI=1S/C19H26N2O2/c1-22-17-11-8-12-18(23-2)19(17)16-13-14-20-21(16)15-9-6-4-3-5-7-10-15/h8,11-15H,3-7,9-10H2,1-2H3. The fourth-order valence-corrected chi connectivity index (χ4v) is 3.59. The van der Waals surface area contributed by atoms with Crippen LogP contribution in [0.2, 0.25) is 0 Å². The molecule has 1 heterocycles. The molecule has 1 aromatic carbocycles. The molecule has 1 aliphatic rings. The van der Waals surface area contributed by atoms with E-state index in [1.165, 1.54) is 44.9 Å². The van der Waals surface area contributed by atoms with Crippen LogP contribution in [0.4, 0.5) is 0 Å². The molecular weight excluding hydrogens is 288 g/mol. The van der Waals surface area contributed by atoms with Gasteiger partial charge in [-0.15, -0.1) is 0 Å². The van der Waals surface area contributed by atoms with Crippen LogP contribution < -0.4 is 9.47 Å². The average Bonchev–Trinajstić information content (AvgIpc) is 3.02. The summed E-state index contributed by atoms with van der Waals surface area (Å²) in [5, 5.41) is 4.64. The van der Waals surface area contributed by atoms with Crippen molar-refractivity contribution in [1.29, 1.82) is 0 Å². The second-order valence-corrected chi connectivity index (χ2v) is 6.20. The summed E-state index contributed by atoms with van der Waals surface area (Å²) in [5.41, 5.74) is 2.09. The normalized spacial score (nSPS) is 16.6. The zero-order chi connectivity index (χ0) is 16.1. The topological polar surface area (TPSA) is 36.3 Å². The third-order valence-electron chi connectivity index (χ3n) is 4.77. The van der Waals surface area contributed by atoms with Crippen LogP contribution in [0, 0.1) is 0 Å². The number of hydrogen-bond donors (Lipinski definition) is 0. The van der Waals surface area contributed by atoms with Crippen LogP contribution in [0.1, 0.15) is 51.0 Å². The van der Waals surface area contributed by atoms with Gasteiger partial charge >= 0.3 is 0 Å². The van der Waals surface area contributed by atoms with Crippen molar-refractivity contribution in [2.45, 2.75) is 51.0 Å². The third-order valence-corrected chi connectivity index (χ3v) is 4.77. The molecule has 0 spiro atoms. The van der Waals surface area contributed by atoms with E-state index in [4.69, 9.17) is 9.47 Å². The number of hydrogen-bond acceptors (Lipinski definition) is 3. The molecule has 3 rings (SSSR count).